The summed E-state index contributed by atoms with van der Waals surface area (Å²) in [5.41, 5.74) is 3.93. The summed E-state index contributed by atoms with van der Waals surface area (Å²) >= 11 is 1.58. The highest BCUT2D eigenvalue weighted by Crippen LogP contribution is 2.23. The number of methoxy groups -OCH3 is 1. The van der Waals surface area contributed by atoms with Crippen molar-refractivity contribution in [3.05, 3.63) is 75.2 Å². The van der Waals surface area contributed by atoms with Gasteiger partial charge >= 0.3 is 0 Å². The van der Waals surface area contributed by atoms with E-state index in [4.69, 9.17) is 14.5 Å². The Labute approximate surface area is 212 Å². The Morgan fingerprint density at radius 2 is 1.86 bits per heavy atom. The number of piperidine rings is 1. The number of hydrogen-bond donors (Lipinski definition) is 0. The predicted molar refractivity (Wildman–Crippen MR) is 140 cm³/mol. The van der Waals surface area contributed by atoms with Gasteiger partial charge in [0.1, 0.15) is 23.1 Å². The zero-order chi connectivity index (χ0) is 24.6. The molecule has 0 atom stereocenters. The SMILES string of the molecule is COc1ccc(C(=O)N(CCN2CCCCC2)Cc2csc(COc3cccc(C)c3C)n2)cc1. The number of benzene rings is 2. The van der Waals surface area contributed by atoms with Crippen LogP contribution < -0.4 is 9.47 Å². The van der Waals surface area contributed by atoms with Crippen LogP contribution in [0.2, 0.25) is 0 Å². The average molecular weight is 494 g/mol. The highest BCUT2D eigenvalue weighted by Gasteiger charge is 2.20. The van der Waals surface area contributed by atoms with E-state index >= 15 is 0 Å². The Morgan fingerprint density at radius 1 is 1.09 bits per heavy atom. The number of carbonyl (C=O) groups excluding carboxylic acids is 1. The normalized spacial score (nSPS) is 14.0. The van der Waals surface area contributed by atoms with Crippen molar-refractivity contribution in [3.8, 4) is 11.5 Å². The third-order valence-corrected chi connectivity index (χ3v) is 7.49. The number of carbonyl (C=O) groups is 1. The minimum Gasteiger partial charge on any atom is -0.497 e. The van der Waals surface area contributed by atoms with Crippen molar-refractivity contribution in [1.82, 2.24) is 14.8 Å². The zero-order valence-corrected chi connectivity index (χ0v) is 21.8. The topological polar surface area (TPSA) is 54.9 Å². The van der Waals surface area contributed by atoms with Crippen molar-refractivity contribution in [3.63, 3.8) is 0 Å². The quantitative estimate of drug-likeness (QED) is 0.375. The molecule has 0 spiro atoms. The first-order valence-electron chi connectivity index (χ1n) is 12.3. The van der Waals surface area contributed by atoms with Crippen LogP contribution in [0.4, 0.5) is 0 Å². The van der Waals surface area contributed by atoms with Crippen molar-refractivity contribution in [2.45, 2.75) is 46.3 Å². The van der Waals surface area contributed by atoms with Crippen LogP contribution in [0.5, 0.6) is 11.5 Å². The largest absolute Gasteiger partial charge is 0.497 e. The van der Waals surface area contributed by atoms with Crippen LogP contribution in [0, 0.1) is 13.8 Å². The van der Waals surface area contributed by atoms with Gasteiger partial charge in [-0.2, -0.15) is 0 Å². The molecule has 0 saturated carbocycles. The first kappa shape index (κ1) is 25.2. The number of hydrogen-bond acceptors (Lipinski definition) is 6. The molecule has 0 aliphatic carbocycles. The number of nitrogens with zero attached hydrogens (tertiary/aromatic N) is 3. The van der Waals surface area contributed by atoms with Crippen LogP contribution in [-0.4, -0.2) is 54.0 Å². The maximum Gasteiger partial charge on any atom is 0.254 e. The lowest BCUT2D eigenvalue weighted by Crippen LogP contribution is -2.40. The number of amides is 1. The van der Waals surface area contributed by atoms with Gasteiger partial charge in [-0.3, -0.25) is 4.79 Å². The molecule has 1 aliphatic heterocycles. The van der Waals surface area contributed by atoms with Crippen molar-refractivity contribution in [2.24, 2.45) is 0 Å². The van der Waals surface area contributed by atoms with E-state index in [1.54, 1.807) is 18.4 Å². The molecule has 186 valence electrons. The molecule has 1 amide bonds. The third-order valence-electron chi connectivity index (χ3n) is 6.62. The van der Waals surface area contributed by atoms with E-state index in [1.807, 2.05) is 46.7 Å². The zero-order valence-electron chi connectivity index (χ0n) is 21.0. The first-order valence-corrected chi connectivity index (χ1v) is 13.2. The van der Waals surface area contributed by atoms with Crippen LogP contribution >= 0.6 is 11.3 Å². The van der Waals surface area contributed by atoms with Crippen molar-refractivity contribution < 1.29 is 14.3 Å². The second-order valence-electron chi connectivity index (χ2n) is 9.08. The second kappa shape index (κ2) is 12.2. The number of ether oxygens (including phenoxy) is 2. The summed E-state index contributed by atoms with van der Waals surface area (Å²) in [6.07, 6.45) is 3.78. The molecular formula is C28H35N3O3S. The summed E-state index contributed by atoms with van der Waals surface area (Å²) in [6.45, 7) is 8.85. The third kappa shape index (κ3) is 6.83. The van der Waals surface area contributed by atoms with Gasteiger partial charge in [0.25, 0.3) is 5.91 Å². The molecule has 7 heteroatoms. The molecule has 1 saturated heterocycles. The molecule has 0 radical (unpaired) electrons. The number of aromatic nitrogens is 1. The van der Waals surface area contributed by atoms with Crippen LogP contribution in [0.3, 0.4) is 0 Å². The lowest BCUT2D eigenvalue weighted by Gasteiger charge is -2.30. The molecule has 4 rings (SSSR count). The number of rotatable bonds is 10. The molecule has 2 aromatic carbocycles. The molecule has 1 aromatic heterocycles. The number of likely N-dealkylation sites (tertiary alicyclic amines) is 1. The van der Waals surface area contributed by atoms with E-state index in [-0.39, 0.29) is 5.91 Å². The lowest BCUT2D eigenvalue weighted by molar-refractivity contribution is 0.0713. The highest BCUT2D eigenvalue weighted by molar-refractivity contribution is 7.09. The van der Waals surface area contributed by atoms with Gasteiger partial charge in [-0.25, -0.2) is 4.98 Å². The van der Waals surface area contributed by atoms with E-state index in [0.717, 1.165) is 47.4 Å². The molecule has 3 aromatic rings. The smallest absolute Gasteiger partial charge is 0.254 e. The van der Waals surface area contributed by atoms with Crippen LogP contribution in [0.15, 0.2) is 47.8 Å². The molecule has 35 heavy (non-hydrogen) atoms. The number of thiazole rings is 1. The van der Waals surface area contributed by atoms with Gasteiger partial charge in [0.05, 0.1) is 19.3 Å². The molecule has 0 bridgehead atoms. The predicted octanol–water partition coefficient (Wildman–Crippen LogP) is 5.48. The Balaban J connectivity index is 1.43. The van der Waals surface area contributed by atoms with Crippen molar-refractivity contribution >= 4 is 17.2 Å². The Morgan fingerprint density at radius 3 is 2.60 bits per heavy atom. The fraction of sp³-hybridized carbons (Fsp3) is 0.429. The van der Waals surface area contributed by atoms with E-state index in [9.17, 15) is 4.79 Å². The molecule has 0 N–H and O–H groups in total. The summed E-state index contributed by atoms with van der Waals surface area (Å²) in [5, 5.41) is 2.95. The average Bonchev–Trinajstić information content (AvgIpc) is 3.35. The number of aryl methyl sites for hydroxylation is 1. The highest BCUT2D eigenvalue weighted by atomic mass is 32.1. The van der Waals surface area contributed by atoms with Gasteiger partial charge in [-0.05, 0) is 81.2 Å². The minimum absolute atomic E-state index is 0.0193. The van der Waals surface area contributed by atoms with Gasteiger partial charge in [-0.15, -0.1) is 11.3 Å². The maximum absolute atomic E-state index is 13.4. The summed E-state index contributed by atoms with van der Waals surface area (Å²) in [6, 6.07) is 13.4. The summed E-state index contributed by atoms with van der Waals surface area (Å²) < 4.78 is 11.3. The van der Waals surface area contributed by atoms with Gasteiger partial charge in [0, 0.05) is 24.0 Å². The van der Waals surface area contributed by atoms with E-state index in [0.29, 0.717) is 25.3 Å². The molecular weight excluding hydrogens is 458 g/mol. The van der Waals surface area contributed by atoms with Crippen LogP contribution in [-0.2, 0) is 13.2 Å². The van der Waals surface area contributed by atoms with E-state index in [2.05, 4.69) is 24.8 Å². The van der Waals surface area contributed by atoms with Crippen molar-refractivity contribution in [2.75, 3.05) is 33.3 Å². The first-order chi connectivity index (χ1) is 17.0. The molecule has 6 nitrogen and oxygen atoms in total. The van der Waals surface area contributed by atoms with Gasteiger partial charge < -0.3 is 19.3 Å². The molecule has 0 unspecified atom stereocenters. The fourth-order valence-electron chi connectivity index (χ4n) is 4.32. The second-order valence-corrected chi connectivity index (χ2v) is 10.0. The van der Waals surface area contributed by atoms with Gasteiger partial charge in [0.2, 0.25) is 0 Å². The molecule has 2 heterocycles. The van der Waals surface area contributed by atoms with Crippen molar-refractivity contribution in [1.29, 1.82) is 0 Å². The maximum atomic E-state index is 13.4. The summed E-state index contributed by atoms with van der Waals surface area (Å²) in [7, 11) is 1.63. The fourth-order valence-corrected chi connectivity index (χ4v) is 5.01. The lowest BCUT2D eigenvalue weighted by atomic mass is 10.1. The van der Waals surface area contributed by atoms with Crippen LogP contribution in [0.25, 0.3) is 0 Å². The molecule has 1 aliphatic rings. The molecule has 1 fully saturated rings. The van der Waals surface area contributed by atoms with Gasteiger partial charge in [-0.1, -0.05) is 18.6 Å². The minimum atomic E-state index is 0.0193. The van der Waals surface area contributed by atoms with Crippen LogP contribution in [0.1, 0.15) is 51.4 Å². The monoisotopic (exact) mass is 493 g/mol. The summed E-state index contributed by atoms with van der Waals surface area (Å²) in [4.78, 5) is 22.6. The van der Waals surface area contributed by atoms with Gasteiger partial charge in [0.15, 0.2) is 0 Å². The Bertz CT molecular complexity index is 1110. The van der Waals surface area contributed by atoms with E-state index in [1.165, 1.54) is 24.8 Å². The Hall–Kier alpha value is -2.90. The standard InChI is InChI=1S/C28H35N3O3S/c1-21-8-7-9-26(22(21)2)34-19-27-29-24(20-35-27)18-31(17-16-30-14-5-4-6-15-30)28(32)23-10-12-25(33-3)13-11-23/h7-13,20H,4-6,14-19H2,1-3H3. The summed E-state index contributed by atoms with van der Waals surface area (Å²) in [5.74, 6) is 1.65. The Kier molecular flexibility index (Phi) is 8.77. The van der Waals surface area contributed by atoms with E-state index < -0.39 is 0 Å².